The van der Waals surface area contributed by atoms with Gasteiger partial charge in [-0.25, -0.2) is 0 Å². The third-order valence-corrected chi connectivity index (χ3v) is 6.22. The molecule has 0 aromatic rings. The Kier molecular flexibility index (Phi) is 8.20. The molecule has 0 aliphatic rings. The van der Waals surface area contributed by atoms with E-state index in [1.165, 1.54) is 12.8 Å². The normalized spacial score (nSPS) is 19.4. The zero-order valence-electron chi connectivity index (χ0n) is 12.4. The van der Waals surface area contributed by atoms with Gasteiger partial charge in [0, 0.05) is 12.3 Å². The Morgan fingerprint density at radius 2 is 1.12 bits per heavy atom. The highest BCUT2D eigenvalue weighted by molar-refractivity contribution is 8.11. The van der Waals surface area contributed by atoms with Gasteiger partial charge in [0.15, 0.2) is 0 Å². The average molecular weight is 278 g/mol. The van der Waals surface area contributed by atoms with Crippen molar-refractivity contribution in [2.24, 2.45) is 23.7 Å². The molecule has 0 aliphatic heterocycles. The van der Waals surface area contributed by atoms with Crippen LogP contribution in [0, 0.1) is 23.7 Å². The Morgan fingerprint density at radius 1 is 0.824 bits per heavy atom. The van der Waals surface area contributed by atoms with E-state index in [0.29, 0.717) is 23.7 Å². The van der Waals surface area contributed by atoms with E-state index in [2.05, 4.69) is 41.5 Å². The lowest BCUT2D eigenvalue weighted by Gasteiger charge is -2.24. The number of hydrogen-bond acceptors (Lipinski definition) is 1. The highest BCUT2D eigenvalue weighted by Crippen LogP contribution is 2.46. The molecule has 2 unspecified atom stereocenters. The predicted molar refractivity (Wildman–Crippen MR) is 83.5 cm³/mol. The first kappa shape index (κ1) is 17.6. The Bertz CT molecular complexity index is 229. The Morgan fingerprint density at radius 3 is 1.35 bits per heavy atom. The first-order valence-electron chi connectivity index (χ1n) is 6.93. The summed E-state index contributed by atoms with van der Waals surface area (Å²) in [5.41, 5.74) is 0. The molecule has 0 saturated carbocycles. The first-order chi connectivity index (χ1) is 7.62. The van der Waals surface area contributed by atoms with Crippen LogP contribution in [0.4, 0.5) is 0 Å². The molecule has 0 bridgehead atoms. The fourth-order valence-electron chi connectivity index (χ4n) is 2.81. The van der Waals surface area contributed by atoms with Crippen LogP contribution in [0.15, 0.2) is 0 Å². The fourth-order valence-corrected chi connectivity index (χ4v) is 6.73. The lowest BCUT2D eigenvalue weighted by Crippen LogP contribution is -2.12. The van der Waals surface area contributed by atoms with Gasteiger partial charge in [-0.1, -0.05) is 53.3 Å². The van der Waals surface area contributed by atoms with Crippen LogP contribution in [0.2, 0.25) is 0 Å². The SMILES string of the molecule is CC(C)CC(C)CP(O)(=S)CC(C)CC(C)C. The average Bonchev–Trinajstić information content (AvgIpc) is 1.95. The third-order valence-electron chi connectivity index (χ3n) is 2.94. The molecule has 1 N–H and O–H groups in total. The summed E-state index contributed by atoms with van der Waals surface area (Å²) in [4.78, 5) is 10.4. The van der Waals surface area contributed by atoms with E-state index in [0.717, 1.165) is 12.3 Å². The van der Waals surface area contributed by atoms with Gasteiger partial charge in [0.2, 0.25) is 0 Å². The molecule has 1 nitrogen and oxygen atoms in total. The topological polar surface area (TPSA) is 20.2 Å². The monoisotopic (exact) mass is 278 g/mol. The van der Waals surface area contributed by atoms with E-state index in [4.69, 9.17) is 11.8 Å². The van der Waals surface area contributed by atoms with Crippen molar-refractivity contribution in [1.82, 2.24) is 0 Å². The van der Waals surface area contributed by atoms with Gasteiger partial charge in [-0.05, 0) is 36.5 Å². The molecule has 0 aromatic heterocycles. The molecule has 2 atom stereocenters. The lowest BCUT2D eigenvalue weighted by atomic mass is 10.0. The molecule has 0 fully saturated rings. The fraction of sp³-hybridized carbons (Fsp3) is 1.00. The minimum atomic E-state index is -2.08. The van der Waals surface area contributed by atoms with E-state index in [9.17, 15) is 4.89 Å². The van der Waals surface area contributed by atoms with Gasteiger partial charge in [0.1, 0.15) is 0 Å². The van der Waals surface area contributed by atoms with Crippen LogP contribution >= 0.6 is 6.26 Å². The van der Waals surface area contributed by atoms with Crippen LogP contribution in [0.1, 0.15) is 54.4 Å². The molecule has 0 aliphatic carbocycles. The first-order valence-corrected chi connectivity index (χ1v) is 10.1. The molecular weight excluding hydrogens is 247 g/mol. The quantitative estimate of drug-likeness (QED) is 0.647. The molecular formula is C14H31OPS. The number of hydrogen-bond donors (Lipinski definition) is 1. The molecule has 17 heavy (non-hydrogen) atoms. The molecule has 0 rings (SSSR count). The van der Waals surface area contributed by atoms with Crippen LogP contribution in [-0.2, 0) is 11.8 Å². The summed E-state index contributed by atoms with van der Waals surface area (Å²) in [7, 11) is 0. The van der Waals surface area contributed by atoms with E-state index in [-0.39, 0.29) is 0 Å². The van der Waals surface area contributed by atoms with Crippen LogP contribution < -0.4 is 0 Å². The highest BCUT2D eigenvalue weighted by atomic mass is 32.4. The zero-order chi connectivity index (χ0) is 13.6. The minimum absolute atomic E-state index is 0.567. The lowest BCUT2D eigenvalue weighted by molar-refractivity contribution is 0.449. The maximum Gasteiger partial charge on any atom is 0.0642 e. The van der Waals surface area contributed by atoms with E-state index < -0.39 is 6.26 Å². The molecule has 104 valence electrons. The van der Waals surface area contributed by atoms with E-state index in [1.54, 1.807) is 0 Å². The van der Waals surface area contributed by atoms with Crippen molar-refractivity contribution in [2.45, 2.75) is 54.4 Å². The summed E-state index contributed by atoms with van der Waals surface area (Å²) < 4.78 is 0. The second kappa shape index (κ2) is 7.92. The van der Waals surface area contributed by atoms with Crippen LogP contribution in [0.5, 0.6) is 0 Å². The largest absolute Gasteiger partial charge is 0.365 e. The van der Waals surface area contributed by atoms with Crippen molar-refractivity contribution in [1.29, 1.82) is 0 Å². The smallest absolute Gasteiger partial charge is 0.0642 e. The number of rotatable bonds is 8. The van der Waals surface area contributed by atoms with Crippen LogP contribution in [-0.4, -0.2) is 17.2 Å². The molecule has 0 heterocycles. The van der Waals surface area contributed by atoms with Crippen molar-refractivity contribution < 1.29 is 4.89 Å². The van der Waals surface area contributed by atoms with Crippen molar-refractivity contribution in [3.05, 3.63) is 0 Å². The molecule has 0 saturated heterocycles. The van der Waals surface area contributed by atoms with Crippen molar-refractivity contribution in [3.63, 3.8) is 0 Å². The predicted octanol–water partition coefficient (Wildman–Crippen LogP) is 4.74. The van der Waals surface area contributed by atoms with Gasteiger partial charge in [-0.3, -0.25) is 0 Å². The maximum atomic E-state index is 10.4. The van der Waals surface area contributed by atoms with E-state index >= 15 is 0 Å². The minimum Gasteiger partial charge on any atom is -0.365 e. The standard InChI is InChI=1S/C14H31OPS/c1-11(2)7-13(5)9-16(15,17)10-14(6)8-12(3)4/h11-14H,7-10H2,1-6H3,(H,15,17). The zero-order valence-corrected chi connectivity index (χ0v) is 14.2. The van der Waals surface area contributed by atoms with Crippen molar-refractivity contribution in [3.8, 4) is 0 Å². The van der Waals surface area contributed by atoms with Gasteiger partial charge in [-0.2, -0.15) is 0 Å². The summed E-state index contributed by atoms with van der Waals surface area (Å²) in [6, 6.07) is 0. The summed E-state index contributed by atoms with van der Waals surface area (Å²) >= 11 is 5.47. The van der Waals surface area contributed by atoms with Gasteiger partial charge in [0.05, 0.1) is 6.26 Å². The second-order valence-corrected chi connectivity index (χ2v) is 11.1. The van der Waals surface area contributed by atoms with Gasteiger partial charge in [-0.15, -0.1) is 0 Å². The van der Waals surface area contributed by atoms with Gasteiger partial charge < -0.3 is 4.89 Å². The van der Waals surface area contributed by atoms with Crippen molar-refractivity contribution >= 4 is 18.1 Å². The maximum absolute atomic E-state index is 10.4. The molecule has 3 heteroatoms. The summed E-state index contributed by atoms with van der Waals surface area (Å²) in [6.45, 7) is 13.4. The Hall–Kier alpha value is 0.610. The second-order valence-electron chi connectivity index (χ2n) is 6.68. The Balaban J connectivity index is 4.14. The molecule has 0 radical (unpaired) electrons. The van der Waals surface area contributed by atoms with Crippen molar-refractivity contribution in [2.75, 3.05) is 12.3 Å². The summed E-state index contributed by atoms with van der Waals surface area (Å²) in [5, 5.41) is 0. The highest BCUT2D eigenvalue weighted by Gasteiger charge is 2.21. The Labute approximate surface area is 113 Å². The van der Waals surface area contributed by atoms with Crippen LogP contribution in [0.25, 0.3) is 0 Å². The van der Waals surface area contributed by atoms with E-state index in [1.807, 2.05) is 0 Å². The summed E-state index contributed by atoms with van der Waals surface area (Å²) in [6.07, 6.45) is 2.00. The van der Waals surface area contributed by atoms with Crippen LogP contribution in [0.3, 0.4) is 0 Å². The molecule has 0 spiro atoms. The summed E-state index contributed by atoms with van der Waals surface area (Å²) in [5.74, 6) is 2.54. The third kappa shape index (κ3) is 10.2. The molecule has 0 aromatic carbocycles. The van der Waals surface area contributed by atoms with Gasteiger partial charge in [0.25, 0.3) is 0 Å². The molecule has 0 amide bonds. The van der Waals surface area contributed by atoms with Gasteiger partial charge >= 0.3 is 0 Å².